The number of nitrogens with zero attached hydrogens (tertiary/aromatic N) is 1. The number of carbonyl (C=O) groups excluding carboxylic acids is 1. The molecule has 1 aromatic carbocycles. The molecular weight excluding hydrogens is 234 g/mol. The lowest BCUT2D eigenvalue weighted by Crippen LogP contribution is -2.53. The highest BCUT2D eigenvalue weighted by Crippen LogP contribution is 2.40. The highest BCUT2D eigenvalue weighted by molar-refractivity contribution is 5.92. The molecule has 1 fully saturated rings. The van der Waals surface area contributed by atoms with Crippen LogP contribution in [0, 0.1) is 0 Å². The van der Waals surface area contributed by atoms with E-state index in [4.69, 9.17) is 9.47 Å². The number of rotatable bonds is 2. The topological polar surface area (TPSA) is 59.0 Å². The number of anilines is 1. The van der Waals surface area contributed by atoms with Crippen molar-refractivity contribution < 1.29 is 19.4 Å². The van der Waals surface area contributed by atoms with Crippen LogP contribution in [-0.2, 0) is 4.74 Å². The van der Waals surface area contributed by atoms with Gasteiger partial charge < -0.3 is 14.6 Å². The Balaban J connectivity index is 2.40. The van der Waals surface area contributed by atoms with Gasteiger partial charge in [-0.15, -0.1) is 0 Å². The van der Waals surface area contributed by atoms with E-state index in [9.17, 15) is 9.90 Å². The van der Waals surface area contributed by atoms with Crippen LogP contribution in [0.25, 0.3) is 0 Å². The van der Waals surface area contributed by atoms with Crippen molar-refractivity contribution >= 4 is 11.8 Å². The van der Waals surface area contributed by atoms with E-state index in [-0.39, 0.29) is 0 Å². The van der Waals surface area contributed by atoms with Gasteiger partial charge in [-0.05, 0) is 45.0 Å². The predicted octanol–water partition coefficient (Wildman–Crippen LogP) is 2.14. The fraction of sp³-hybridized carbons (Fsp3) is 0.462. The van der Waals surface area contributed by atoms with E-state index in [1.54, 1.807) is 52.1 Å². The molecule has 5 nitrogen and oxygen atoms in total. The quantitative estimate of drug-likeness (QED) is 0.874. The predicted molar refractivity (Wildman–Crippen MR) is 66.7 cm³/mol. The number of carbonyl (C=O) groups is 1. The molecule has 1 atom stereocenters. The van der Waals surface area contributed by atoms with Gasteiger partial charge in [-0.2, -0.15) is 0 Å². The summed E-state index contributed by atoms with van der Waals surface area (Å²) in [5.41, 5.74) is -1.81. The summed E-state index contributed by atoms with van der Waals surface area (Å²) < 4.78 is 10.2. The van der Waals surface area contributed by atoms with E-state index in [0.29, 0.717) is 11.4 Å². The zero-order valence-corrected chi connectivity index (χ0v) is 10.9. The summed E-state index contributed by atoms with van der Waals surface area (Å²) in [7, 11) is 1.57. The second kappa shape index (κ2) is 3.88. The first-order valence-corrected chi connectivity index (χ1v) is 5.69. The van der Waals surface area contributed by atoms with Crippen LogP contribution in [0.2, 0.25) is 0 Å². The lowest BCUT2D eigenvalue weighted by atomic mass is 9.95. The van der Waals surface area contributed by atoms with E-state index in [1.165, 1.54) is 4.90 Å². The summed E-state index contributed by atoms with van der Waals surface area (Å²) >= 11 is 0. The summed E-state index contributed by atoms with van der Waals surface area (Å²) in [6, 6.07) is 6.86. The molecule has 2 rings (SSSR count). The first-order valence-electron chi connectivity index (χ1n) is 5.69. The fourth-order valence-corrected chi connectivity index (χ4v) is 1.90. The molecule has 0 aliphatic carbocycles. The Kier molecular flexibility index (Phi) is 2.74. The van der Waals surface area contributed by atoms with Crippen LogP contribution < -0.4 is 9.64 Å². The normalized spacial score (nSPS) is 26.1. The lowest BCUT2D eigenvalue weighted by molar-refractivity contribution is -0.0723. The van der Waals surface area contributed by atoms with Gasteiger partial charge in [0.1, 0.15) is 5.75 Å². The molecule has 1 saturated heterocycles. The van der Waals surface area contributed by atoms with Gasteiger partial charge in [-0.3, -0.25) is 0 Å². The van der Waals surface area contributed by atoms with Crippen molar-refractivity contribution in [1.82, 2.24) is 0 Å². The SMILES string of the molecule is COc1ccc(N2C(=O)OC(C)(C)C2(C)O)cc1. The smallest absolute Gasteiger partial charge is 0.417 e. The Hall–Kier alpha value is -1.75. The summed E-state index contributed by atoms with van der Waals surface area (Å²) in [5.74, 6) is 0.685. The van der Waals surface area contributed by atoms with E-state index in [2.05, 4.69) is 0 Å². The van der Waals surface area contributed by atoms with Gasteiger partial charge in [0.25, 0.3) is 0 Å². The van der Waals surface area contributed by atoms with Gasteiger partial charge in [0, 0.05) is 0 Å². The number of hydrogen-bond acceptors (Lipinski definition) is 4. The highest BCUT2D eigenvalue weighted by atomic mass is 16.6. The molecule has 1 N–H and O–H groups in total. The van der Waals surface area contributed by atoms with Crippen LogP contribution >= 0.6 is 0 Å². The van der Waals surface area contributed by atoms with Crippen molar-refractivity contribution in [2.75, 3.05) is 12.0 Å². The molecule has 1 aliphatic heterocycles. The summed E-state index contributed by atoms with van der Waals surface area (Å²) in [4.78, 5) is 13.1. The molecule has 0 saturated carbocycles. The van der Waals surface area contributed by atoms with Crippen molar-refractivity contribution in [2.24, 2.45) is 0 Å². The Bertz CT molecular complexity index is 464. The number of ether oxygens (including phenoxy) is 2. The molecule has 1 heterocycles. The van der Waals surface area contributed by atoms with E-state index in [1.807, 2.05) is 0 Å². The third kappa shape index (κ3) is 1.71. The number of aliphatic hydroxyl groups is 1. The Labute approximate surface area is 106 Å². The molecule has 0 aromatic heterocycles. The Morgan fingerprint density at radius 3 is 2.17 bits per heavy atom. The molecule has 0 spiro atoms. The zero-order valence-electron chi connectivity index (χ0n) is 10.9. The van der Waals surface area contributed by atoms with Gasteiger partial charge >= 0.3 is 6.09 Å². The Morgan fingerprint density at radius 1 is 1.22 bits per heavy atom. The molecule has 98 valence electrons. The van der Waals surface area contributed by atoms with E-state index in [0.717, 1.165) is 0 Å². The maximum absolute atomic E-state index is 11.9. The molecule has 0 bridgehead atoms. The zero-order chi connectivity index (χ0) is 13.6. The van der Waals surface area contributed by atoms with Crippen molar-refractivity contribution in [3.8, 4) is 5.75 Å². The maximum atomic E-state index is 11.9. The van der Waals surface area contributed by atoms with Crippen LogP contribution in [-0.4, -0.2) is 29.6 Å². The maximum Gasteiger partial charge on any atom is 0.417 e. The molecule has 18 heavy (non-hydrogen) atoms. The van der Waals surface area contributed by atoms with E-state index >= 15 is 0 Å². The van der Waals surface area contributed by atoms with Gasteiger partial charge in [-0.1, -0.05) is 0 Å². The third-order valence-corrected chi connectivity index (χ3v) is 3.43. The van der Waals surface area contributed by atoms with Crippen LogP contribution in [0.3, 0.4) is 0 Å². The summed E-state index contributed by atoms with van der Waals surface area (Å²) in [6.45, 7) is 4.91. The van der Waals surface area contributed by atoms with Crippen LogP contribution in [0.1, 0.15) is 20.8 Å². The minimum atomic E-state index is -1.40. The number of hydrogen-bond donors (Lipinski definition) is 1. The number of amides is 1. The largest absolute Gasteiger partial charge is 0.497 e. The number of benzene rings is 1. The second-order valence-corrected chi connectivity index (χ2v) is 4.93. The minimum Gasteiger partial charge on any atom is -0.497 e. The summed E-state index contributed by atoms with van der Waals surface area (Å²) in [5, 5.41) is 10.5. The first kappa shape index (κ1) is 12.7. The molecule has 5 heteroatoms. The van der Waals surface area contributed by atoms with Crippen molar-refractivity contribution in [1.29, 1.82) is 0 Å². The van der Waals surface area contributed by atoms with Crippen LogP contribution in [0.5, 0.6) is 5.75 Å². The highest BCUT2D eigenvalue weighted by Gasteiger charge is 2.57. The second-order valence-electron chi connectivity index (χ2n) is 4.93. The van der Waals surface area contributed by atoms with Crippen molar-refractivity contribution in [2.45, 2.75) is 32.1 Å². The molecular formula is C13H17NO4. The summed E-state index contributed by atoms with van der Waals surface area (Å²) in [6.07, 6.45) is -0.560. The average molecular weight is 251 g/mol. The lowest BCUT2D eigenvalue weighted by Gasteiger charge is -2.34. The van der Waals surface area contributed by atoms with Gasteiger partial charge in [0.15, 0.2) is 11.3 Å². The van der Waals surface area contributed by atoms with Gasteiger partial charge in [-0.25, -0.2) is 9.69 Å². The molecule has 1 unspecified atom stereocenters. The molecule has 1 aromatic rings. The third-order valence-electron chi connectivity index (χ3n) is 3.43. The molecule has 0 radical (unpaired) electrons. The monoisotopic (exact) mass is 251 g/mol. The standard InChI is InChI=1S/C13H17NO4/c1-12(2)13(3,16)14(11(15)18-12)9-5-7-10(17-4)8-6-9/h5-8,16H,1-4H3. The fourth-order valence-electron chi connectivity index (χ4n) is 1.90. The van der Waals surface area contributed by atoms with Gasteiger partial charge in [0.05, 0.1) is 12.8 Å². The number of methoxy groups -OCH3 is 1. The Morgan fingerprint density at radius 2 is 1.78 bits per heavy atom. The number of cyclic esters (lactones) is 1. The van der Waals surface area contributed by atoms with Crippen LogP contribution in [0.15, 0.2) is 24.3 Å². The van der Waals surface area contributed by atoms with Crippen molar-refractivity contribution in [3.63, 3.8) is 0 Å². The van der Waals surface area contributed by atoms with E-state index < -0.39 is 17.4 Å². The van der Waals surface area contributed by atoms with Crippen molar-refractivity contribution in [3.05, 3.63) is 24.3 Å². The minimum absolute atomic E-state index is 0.560. The van der Waals surface area contributed by atoms with Crippen LogP contribution in [0.4, 0.5) is 10.5 Å². The first-order chi connectivity index (χ1) is 8.29. The van der Waals surface area contributed by atoms with Gasteiger partial charge in [0.2, 0.25) is 0 Å². The average Bonchev–Trinajstić information content (AvgIpc) is 2.44. The molecule has 1 amide bonds. The molecule has 1 aliphatic rings.